The lowest BCUT2D eigenvalue weighted by Gasteiger charge is -2.19. The highest BCUT2D eigenvalue weighted by Gasteiger charge is 2.16. The normalized spacial score (nSPS) is 11.4. The smallest absolute Gasteiger partial charge is 0.259 e. The zero-order valence-electron chi connectivity index (χ0n) is 18.6. The van der Waals surface area contributed by atoms with Crippen LogP contribution in [-0.2, 0) is 12.0 Å². The van der Waals surface area contributed by atoms with Crippen LogP contribution < -0.4 is 16.1 Å². The van der Waals surface area contributed by atoms with Crippen LogP contribution in [0.1, 0.15) is 47.8 Å². The first-order valence-corrected chi connectivity index (χ1v) is 10.2. The zero-order valence-corrected chi connectivity index (χ0v) is 18.6. The molecule has 2 aromatic heterocycles. The minimum Gasteiger partial charge on any atom is -0.365 e. The molecule has 7 nitrogen and oxygen atoms in total. The molecule has 1 amide bonds. The molecular formula is C24H27FN6O. The van der Waals surface area contributed by atoms with Crippen molar-refractivity contribution in [3.63, 3.8) is 0 Å². The van der Waals surface area contributed by atoms with Gasteiger partial charge in [-0.05, 0) is 40.8 Å². The number of nitrogens with one attached hydrogen (secondary N) is 3. The number of halogens is 1. The topological polar surface area (TPSA) is 91.3 Å². The molecule has 0 saturated heterocycles. The van der Waals surface area contributed by atoms with E-state index in [-0.39, 0.29) is 16.8 Å². The van der Waals surface area contributed by atoms with Gasteiger partial charge < -0.3 is 16.1 Å². The Labute approximate surface area is 187 Å². The number of anilines is 2. The van der Waals surface area contributed by atoms with Crippen molar-refractivity contribution in [3.8, 4) is 0 Å². The van der Waals surface area contributed by atoms with E-state index in [2.05, 4.69) is 51.9 Å². The van der Waals surface area contributed by atoms with Gasteiger partial charge in [-0.3, -0.25) is 9.78 Å². The summed E-state index contributed by atoms with van der Waals surface area (Å²) in [7, 11) is 1.70. The Kier molecular flexibility index (Phi) is 7.14. The molecule has 0 bridgehead atoms. The zero-order chi connectivity index (χ0) is 23.1. The van der Waals surface area contributed by atoms with Crippen molar-refractivity contribution in [1.82, 2.24) is 15.4 Å². The second-order valence-electron chi connectivity index (χ2n) is 8.24. The fourth-order valence-electron chi connectivity index (χ4n) is 3.03. The summed E-state index contributed by atoms with van der Waals surface area (Å²) in [5, 5.41) is 9.95. The third kappa shape index (κ3) is 5.87. The summed E-state index contributed by atoms with van der Waals surface area (Å²) in [6, 6.07) is 10.6. The number of hydrazone groups is 1. The van der Waals surface area contributed by atoms with E-state index in [1.165, 1.54) is 6.07 Å². The Morgan fingerprint density at radius 2 is 1.91 bits per heavy atom. The number of benzene rings is 1. The summed E-state index contributed by atoms with van der Waals surface area (Å²) in [5.41, 5.74) is 6.30. The lowest BCUT2D eigenvalue weighted by atomic mass is 9.87. The van der Waals surface area contributed by atoms with Gasteiger partial charge in [-0.25, -0.2) is 9.37 Å². The molecule has 0 atom stereocenters. The molecule has 8 heteroatoms. The molecule has 0 fully saturated rings. The summed E-state index contributed by atoms with van der Waals surface area (Å²) in [6.07, 6.45) is 6.08. The molecule has 1 aromatic carbocycles. The Morgan fingerprint density at radius 3 is 2.59 bits per heavy atom. The number of amides is 1. The van der Waals surface area contributed by atoms with Crippen LogP contribution >= 0.6 is 0 Å². The molecular weight excluding hydrogens is 407 g/mol. The first kappa shape index (κ1) is 22.9. The van der Waals surface area contributed by atoms with Gasteiger partial charge in [0.05, 0.1) is 18.0 Å². The highest BCUT2D eigenvalue weighted by Crippen LogP contribution is 2.24. The van der Waals surface area contributed by atoms with Crippen molar-refractivity contribution in [2.24, 2.45) is 5.10 Å². The van der Waals surface area contributed by atoms with Gasteiger partial charge in [0.25, 0.3) is 5.91 Å². The summed E-state index contributed by atoms with van der Waals surface area (Å²) >= 11 is 0. The van der Waals surface area contributed by atoms with Crippen LogP contribution in [0.25, 0.3) is 0 Å². The quantitative estimate of drug-likeness (QED) is 0.380. The van der Waals surface area contributed by atoms with Crippen molar-refractivity contribution in [1.29, 1.82) is 0 Å². The van der Waals surface area contributed by atoms with Crippen LogP contribution in [0.15, 0.2) is 60.1 Å². The van der Waals surface area contributed by atoms with Gasteiger partial charge >= 0.3 is 0 Å². The lowest BCUT2D eigenvalue weighted by Crippen LogP contribution is -2.17. The summed E-state index contributed by atoms with van der Waals surface area (Å²) in [5.74, 6) is -0.757. The van der Waals surface area contributed by atoms with Gasteiger partial charge in [0.15, 0.2) is 0 Å². The highest BCUT2D eigenvalue weighted by molar-refractivity contribution is 6.07. The molecule has 3 N–H and O–H groups in total. The first-order valence-electron chi connectivity index (χ1n) is 10.2. The van der Waals surface area contributed by atoms with Gasteiger partial charge in [-0.1, -0.05) is 32.9 Å². The van der Waals surface area contributed by atoms with E-state index in [4.69, 9.17) is 0 Å². The van der Waals surface area contributed by atoms with Gasteiger partial charge in [0.2, 0.25) is 0 Å². The summed E-state index contributed by atoms with van der Waals surface area (Å²) < 4.78 is 13.9. The lowest BCUT2D eigenvalue weighted by molar-refractivity contribution is 0.102. The maximum atomic E-state index is 13.9. The number of rotatable bonds is 7. The number of carbonyl (C=O) groups excluding carboxylic acids is 1. The molecule has 0 saturated carbocycles. The molecule has 32 heavy (non-hydrogen) atoms. The van der Waals surface area contributed by atoms with Gasteiger partial charge in [-0.15, -0.1) is 0 Å². The van der Waals surface area contributed by atoms with Crippen molar-refractivity contribution < 1.29 is 9.18 Å². The number of carbonyl (C=O) groups is 1. The Balaban J connectivity index is 1.78. The van der Waals surface area contributed by atoms with Crippen LogP contribution in [0.5, 0.6) is 0 Å². The van der Waals surface area contributed by atoms with Crippen molar-refractivity contribution in [3.05, 3.63) is 83.1 Å². The predicted molar refractivity (Wildman–Crippen MR) is 126 cm³/mol. The van der Waals surface area contributed by atoms with E-state index in [1.807, 2.05) is 30.3 Å². The van der Waals surface area contributed by atoms with Crippen LogP contribution in [0.3, 0.4) is 0 Å². The highest BCUT2D eigenvalue weighted by atomic mass is 19.1. The maximum Gasteiger partial charge on any atom is 0.259 e. The number of hydrogen-bond acceptors (Lipinski definition) is 6. The number of pyridine rings is 2. The van der Waals surface area contributed by atoms with E-state index < -0.39 is 11.7 Å². The van der Waals surface area contributed by atoms with E-state index in [9.17, 15) is 9.18 Å². The standard InChI is InChI=1S/C24H27FN6O/c1-24(2,3)18-5-7-20(8-6-18)31-23(32)21-11-19(25)15-29-22(21)28-13-16-9-10-27-12-17(16)14-30-26-4/h5-12,14-15,26H,13H2,1-4H3,(H,28,29)(H,31,32)/b30-14-. The van der Waals surface area contributed by atoms with E-state index in [1.54, 1.807) is 25.7 Å². The van der Waals surface area contributed by atoms with Crippen LogP contribution in [-0.4, -0.2) is 29.1 Å². The molecule has 0 aliphatic rings. The van der Waals surface area contributed by atoms with Gasteiger partial charge in [-0.2, -0.15) is 5.10 Å². The molecule has 0 aliphatic carbocycles. The first-order chi connectivity index (χ1) is 15.3. The Morgan fingerprint density at radius 1 is 1.16 bits per heavy atom. The second kappa shape index (κ2) is 10.00. The Bertz CT molecular complexity index is 1110. The van der Waals surface area contributed by atoms with Crippen LogP contribution in [0.2, 0.25) is 0 Å². The number of hydrogen-bond donors (Lipinski definition) is 3. The third-order valence-corrected chi connectivity index (χ3v) is 4.83. The van der Waals surface area contributed by atoms with Crippen LogP contribution in [0.4, 0.5) is 15.9 Å². The largest absolute Gasteiger partial charge is 0.365 e. The monoisotopic (exact) mass is 434 g/mol. The third-order valence-electron chi connectivity index (χ3n) is 4.83. The molecule has 166 valence electrons. The number of nitrogens with zero attached hydrogens (tertiary/aromatic N) is 3. The van der Waals surface area contributed by atoms with Crippen LogP contribution in [0, 0.1) is 5.82 Å². The average molecular weight is 435 g/mol. The molecule has 0 spiro atoms. The van der Waals surface area contributed by atoms with E-state index in [0.717, 1.165) is 22.9 Å². The molecule has 0 aliphatic heterocycles. The predicted octanol–water partition coefficient (Wildman–Crippen LogP) is 4.33. The molecule has 3 rings (SSSR count). The fourth-order valence-corrected chi connectivity index (χ4v) is 3.03. The van der Waals surface area contributed by atoms with E-state index >= 15 is 0 Å². The van der Waals surface area contributed by atoms with Crippen molar-refractivity contribution >= 4 is 23.6 Å². The minimum absolute atomic E-state index is 0.00974. The van der Waals surface area contributed by atoms with Gasteiger partial charge in [0, 0.05) is 37.2 Å². The molecule has 3 aromatic rings. The number of aromatic nitrogens is 2. The second-order valence-corrected chi connectivity index (χ2v) is 8.24. The van der Waals surface area contributed by atoms with Gasteiger partial charge in [0.1, 0.15) is 11.6 Å². The van der Waals surface area contributed by atoms with Crippen molar-refractivity contribution in [2.45, 2.75) is 32.7 Å². The SMILES string of the molecule is CN/N=C\c1cnccc1CNc1ncc(F)cc1C(=O)Nc1ccc(C(C)(C)C)cc1. The van der Waals surface area contributed by atoms with E-state index in [0.29, 0.717) is 12.2 Å². The Hall–Kier alpha value is -3.81. The molecule has 0 radical (unpaired) electrons. The van der Waals surface area contributed by atoms with Crippen molar-refractivity contribution in [2.75, 3.05) is 17.7 Å². The fraction of sp³-hybridized carbons (Fsp3) is 0.250. The molecule has 0 unspecified atom stereocenters. The minimum atomic E-state index is -0.588. The molecule has 2 heterocycles. The summed E-state index contributed by atoms with van der Waals surface area (Å²) in [4.78, 5) is 21.1. The maximum absolute atomic E-state index is 13.9. The average Bonchev–Trinajstić information content (AvgIpc) is 2.77. The summed E-state index contributed by atoms with van der Waals surface area (Å²) in [6.45, 7) is 6.72.